The molecule has 0 atom stereocenters. The maximum Gasteiger partial charge on any atom is 0.256 e. The fraction of sp³-hybridized carbons (Fsp3) is 0.364. The van der Waals surface area contributed by atoms with Crippen LogP contribution in [0.1, 0.15) is 23.2 Å². The first-order chi connectivity index (χ1) is 8.13. The first-order valence-electron chi connectivity index (χ1n) is 5.32. The van der Waals surface area contributed by atoms with Crippen molar-refractivity contribution in [2.45, 2.75) is 12.8 Å². The lowest BCUT2D eigenvalue weighted by Gasteiger charge is -2.17. The number of thiol groups is 1. The van der Waals surface area contributed by atoms with Gasteiger partial charge >= 0.3 is 0 Å². The molecule has 0 spiro atoms. The summed E-state index contributed by atoms with van der Waals surface area (Å²) in [6, 6.07) is 3.29. The number of benzene rings is 1. The van der Waals surface area contributed by atoms with Crippen LogP contribution in [-0.4, -0.2) is 23.9 Å². The Balaban J connectivity index is 2.34. The summed E-state index contributed by atoms with van der Waals surface area (Å²) in [5.41, 5.74) is 1.05. The van der Waals surface area contributed by atoms with Crippen LogP contribution in [0.15, 0.2) is 12.1 Å². The molecule has 0 unspecified atom stereocenters. The fourth-order valence-corrected chi connectivity index (χ4v) is 2.70. The molecule has 1 aromatic carbocycles. The molecule has 2 rings (SSSR count). The predicted molar refractivity (Wildman–Crippen MR) is 74.2 cm³/mol. The Kier molecular flexibility index (Phi) is 4.07. The zero-order valence-electron chi connectivity index (χ0n) is 9.04. The van der Waals surface area contributed by atoms with E-state index < -0.39 is 0 Å². The van der Waals surface area contributed by atoms with Gasteiger partial charge in [-0.3, -0.25) is 4.79 Å². The Morgan fingerprint density at radius 2 is 1.76 bits per heavy atom. The molecule has 1 N–H and O–H groups in total. The number of nitrogens with one attached hydrogen (secondary N) is 1. The molecule has 0 bridgehead atoms. The Hall–Kier alpha value is -0.580. The summed E-state index contributed by atoms with van der Waals surface area (Å²) in [4.78, 5) is 14.0. The summed E-state index contributed by atoms with van der Waals surface area (Å²) in [6.07, 6.45) is 2.08. The van der Waals surface area contributed by atoms with Crippen LogP contribution in [0, 0.1) is 0 Å². The quantitative estimate of drug-likeness (QED) is 0.818. The Morgan fingerprint density at radius 3 is 2.24 bits per heavy atom. The van der Waals surface area contributed by atoms with Gasteiger partial charge in [-0.2, -0.15) is 0 Å². The van der Waals surface area contributed by atoms with Gasteiger partial charge in [0.2, 0.25) is 0 Å². The van der Waals surface area contributed by atoms with Gasteiger partial charge in [-0.05, 0) is 25.0 Å². The smallest absolute Gasteiger partial charge is 0.256 e. The Bertz CT molecular complexity index is 424. The van der Waals surface area contributed by atoms with E-state index in [2.05, 4.69) is 17.5 Å². The lowest BCUT2D eigenvalue weighted by Crippen LogP contribution is -2.28. The monoisotopic (exact) mass is 290 g/mol. The van der Waals surface area contributed by atoms with Crippen molar-refractivity contribution in [3.63, 3.8) is 0 Å². The molecular formula is C11H12Cl2N2OS. The molecule has 0 aliphatic carbocycles. The van der Waals surface area contributed by atoms with E-state index in [0.29, 0.717) is 21.3 Å². The van der Waals surface area contributed by atoms with Crippen molar-refractivity contribution in [2.24, 2.45) is 0 Å². The fourth-order valence-electron chi connectivity index (χ4n) is 1.92. The predicted octanol–water partition coefficient (Wildman–Crippen LogP) is 3.49. The number of anilines is 1. The number of carbonyl (C=O) groups is 1. The van der Waals surface area contributed by atoms with E-state index in [1.165, 1.54) is 0 Å². The largest absolute Gasteiger partial charge is 0.339 e. The van der Waals surface area contributed by atoms with Crippen LogP contribution in [0.3, 0.4) is 0 Å². The van der Waals surface area contributed by atoms with Crippen molar-refractivity contribution in [3.8, 4) is 0 Å². The summed E-state index contributed by atoms with van der Waals surface area (Å²) >= 11 is 16.1. The van der Waals surface area contributed by atoms with Gasteiger partial charge in [0, 0.05) is 18.8 Å². The van der Waals surface area contributed by atoms with Gasteiger partial charge in [-0.15, -0.1) is 0 Å². The minimum Gasteiger partial charge on any atom is -0.339 e. The minimum absolute atomic E-state index is 0.0942. The lowest BCUT2D eigenvalue weighted by molar-refractivity contribution is 0.0793. The molecule has 17 heavy (non-hydrogen) atoms. The SMILES string of the molecule is O=C(c1c(Cl)cc(NS)cc1Cl)N1CCCC1. The summed E-state index contributed by atoms with van der Waals surface area (Å²) in [7, 11) is 0. The van der Waals surface area contributed by atoms with E-state index in [1.807, 2.05) is 0 Å². The van der Waals surface area contributed by atoms with Crippen molar-refractivity contribution in [1.82, 2.24) is 4.90 Å². The Morgan fingerprint density at radius 1 is 1.24 bits per heavy atom. The molecule has 3 nitrogen and oxygen atoms in total. The molecule has 6 heteroatoms. The number of nitrogens with zero attached hydrogens (tertiary/aromatic N) is 1. The maximum atomic E-state index is 12.2. The molecule has 1 amide bonds. The van der Waals surface area contributed by atoms with Gasteiger partial charge < -0.3 is 9.62 Å². The van der Waals surface area contributed by atoms with Crippen LogP contribution in [-0.2, 0) is 0 Å². The van der Waals surface area contributed by atoms with Crippen molar-refractivity contribution in [3.05, 3.63) is 27.7 Å². The second-order valence-electron chi connectivity index (χ2n) is 3.93. The van der Waals surface area contributed by atoms with E-state index in [0.717, 1.165) is 25.9 Å². The summed E-state index contributed by atoms with van der Waals surface area (Å²) in [5.74, 6) is -0.0942. The highest BCUT2D eigenvalue weighted by atomic mass is 35.5. The molecule has 0 radical (unpaired) electrons. The van der Waals surface area contributed by atoms with Gasteiger partial charge in [-0.1, -0.05) is 36.0 Å². The highest BCUT2D eigenvalue weighted by Crippen LogP contribution is 2.31. The molecule has 1 aliphatic rings. The van der Waals surface area contributed by atoms with Crippen molar-refractivity contribution in [2.75, 3.05) is 17.8 Å². The van der Waals surface area contributed by atoms with Crippen molar-refractivity contribution < 1.29 is 4.79 Å². The topological polar surface area (TPSA) is 32.3 Å². The zero-order valence-corrected chi connectivity index (χ0v) is 11.4. The standard InChI is InChI=1S/C11H12Cl2N2OS/c12-8-5-7(14-17)6-9(13)10(8)11(16)15-3-1-2-4-15/h5-6,14,17H,1-4H2. The van der Waals surface area contributed by atoms with E-state index in [4.69, 9.17) is 23.2 Å². The average molecular weight is 291 g/mol. The van der Waals surface area contributed by atoms with Crippen molar-refractivity contribution >= 4 is 47.6 Å². The second kappa shape index (κ2) is 5.38. The molecule has 0 aromatic heterocycles. The summed E-state index contributed by atoms with van der Waals surface area (Å²) in [6.45, 7) is 1.55. The average Bonchev–Trinajstić information content (AvgIpc) is 2.81. The van der Waals surface area contributed by atoms with Crippen LogP contribution < -0.4 is 4.72 Å². The third-order valence-corrected chi connectivity index (χ3v) is 3.63. The number of halogens is 2. The summed E-state index contributed by atoms with van der Waals surface area (Å²) in [5, 5.41) is 0.705. The summed E-state index contributed by atoms with van der Waals surface area (Å²) < 4.78 is 2.64. The van der Waals surface area contributed by atoms with Crippen molar-refractivity contribution in [1.29, 1.82) is 0 Å². The molecule has 1 saturated heterocycles. The number of amides is 1. The minimum atomic E-state index is -0.0942. The molecule has 0 saturated carbocycles. The van der Waals surface area contributed by atoms with Gasteiger partial charge in [-0.25, -0.2) is 0 Å². The number of likely N-dealkylation sites (tertiary alicyclic amines) is 1. The number of hydrogen-bond acceptors (Lipinski definition) is 3. The molecule has 92 valence electrons. The Labute approximate surface area is 116 Å². The molecule has 1 fully saturated rings. The number of hydrogen-bond donors (Lipinski definition) is 2. The van der Waals surface area contributed by atoms with Gasteiger partial charge in [0.25, 0.3) is 5.91 Å². The van der Waals surface area contributed by atoms with Crippen LogP contribution in [0.4, 0.5) is 5.69 Å². The highest BCUT2D eigenvalue weighted by molar-refractivity contribution is 7.81. The van der Waals surface area contributed by atoms with E-state index in [9.17, 15) is 4.79 Å². The van der Waals surface area contributed by atoms with Crippen LogP contribution in [0.2, 0.25) is 10.0 Å². The lowest BCUT2D eigenvalue weighted by atomic mass is 10.2. The van der Waals surface area contributed by atoms with Gasteiger partial charge in [0.05, 0.1) is 15.6 Å². The van der Waals surface area contributed by atoms with Gasteiger partial charge in [0.15, 0.2) is 0 Å². The molecular weight excluding hydrogens is 279 g/mol. The maximum absolute atomic E-state index is 12.2. The van der Waals surface area contributed by atoms with Gasteiger partial charge in [0.1, 0.15) is 0 Å². The van der Waals surface area contributed by atoms with Crippen LogP contribution in [0.25, 0.3) is 0 Å². The van der Waals surface area contributed by atoms with E-state index in [1.54, 1.807) is 17.0 Å². The molecule has 1 aromatic rings. The highest BCUT2D eigenvalue weighted by Gasteiger charge is 2.24. The van der Waals surface area contributed by atoms with Crippen LogP contribution >= 0.6 is 36.0 Å². The first kappa shape index (κ1) is 12.9. The second-order valence-corrected chi connectivity index (χ2v) is 4.96. The third-order valence-electron chi connectivity index (χ3n) is 2.78. The normalized spacial score (nSPS) is 15.1. The molecule has 1 heterocycles. The first-order valence-corrected chi connectivity index (χ1v) is 6.52. The molecule has 1 aliphatic heterocycles. The number of carbonyl (C=O) groups excluding carboxylic acids is 1. The zero-order chi connectivity index (χ0) is 12.4. The van der Waals surface area contributed by atoms with E-state index in [-0.39, 0.29) is 5.91 Å². The third kappa shape index (κ3) is 2.64. The number of rotatable bonds is 2. The van der Waals surface area contributed by atoms with Crippen LogP contribution in [0.5, 0.6) is 0 Å². The van der Waals surface area contributed by atoms with E-state index >= 15 is 0 Å².